The molecule has 1 amide bonds. The number of phenols is 2. The molecule has 0 aliphatic rings. The van der Waals surface area contributed by atoms with Crippen molar-refractivity contribution in [1.82, 2.24) is 0 Å². The lowest BCUT2D eigenvalue weighted by Crippen LogP contribution is -2.12. The molecule has 2 rings (SSSR count). The Labute approximate surface area is 116 Å². The summed E-state index contributed by atoms with van der Waals surface area (Å²) >= 11 is 3.00. The number of carbonyl (C=O) groups excluding carboxylic acids is 1. The molecule has 4 nitrogen and oxygen atoms in total. The number of carbonyl (C=O) groups is 1. The second-order valence-electron chi connectivity index (χ2n) is 3.76. The first-order valence-electron chi connectivity index (χ1n) is 5.26. The number of amides is 1. The van der Waals surface area contributed by atoms with Crippen molar-refractivity contribution in [3.8, 4) is 11.5 Å². The van der Waals surface area contributed by atoms with Gasteiger partial charge < -0.3 is 15.5 Å². The van der Waals surface area contributed by atoms with Crippen LogP contribution >= 0.6 is 15.9 Å². The Morgan fingerprint density at radius 1 is 1.21 bits per heavy atom. The summed E-state index contributed by atoms with van der Waals surface area (Å²) in [6, 6.07) is 8.04. The van der Waals surface area contributed by atoms with E-state index in [1.165, 1.54) is 36.4 Å². The molecule has 0 aromatic heterocycles. The van der Waals surface area contributed by atoms with E-state index < -0.39 is 17.5 Å². The number of hydrogen-bond donors (Lipinski definition) is 3. The van der Waals surface area contributed by atoms with Gasteiger partial charge in [0.2, 0.25) is 0 Å². The fraction of sp³-hybridized carbons (Fsp3) is 0. The molecule has 0 saturated heterocycles. The molecule has 0 radical (unpaired) electrons. The van der Waals surface area contributed by atoms with Crippen molar-refractivity contribution in [3.05, 3.63) is 52.3 Å². The van der Waals surface area contributed by atoms with Gasteiger partial charge in [0.05, 0.1) is 10.0 Å². The van der Waals surface area contributed by atoms with Crippen LogP contribution in [0, 0.1) is 5.82 Å². The fourth-order valence-corrected chi connectivity index (χ4v) is 1.87. The number of aromatic hydroxyl groups is 2. The summed E-state index contributed by atoms with van der Waals surface area (Å²) in [6.45, 7) is 0. The van der Waals surface area contributed by atoms with Crippen LogP contribution in [0.25, 0.3) is 0 Å². The van der Waals surface area contributed by atoms with E-state index in [9.17, 15) is 19.4 Å². The lowest BCUT2D eigenvalue weighted by Gasteiger charge is -2.08. The van der Waals surface area contributed by atoms with E-state index in [-0.39, 0.29) is 15.8 Å². The van der Waals surface area contributed by atoms with E-state index in [1.54, 1.807) is 0 Å². The van der Waals surface area contributed by atoms with Crippen LogP contribution in [0.3, 0.4) is 0 Å². The Bertz CT molecular complexity index is 646. The Kier molecular flexibility index (Phi) is 3.71. The number of para-hydroxylation sites is 1. The molecule has 2 aromatic carbocycles. The zero-order chi connectivity index (χ0) is 14.0. The van der Waals surface area contributed by atoms with E-state index in [0.717, 1.165) is 0 Å². The molecule has 0 saturated carbocycles. The lowest BCUT2D eigenvalue weighted by atomic mass is 10.1. The van der Waals surface area contributed by atoms with Crippen molar-refractivity contribution in [2.75, 3.05) is 5.32 Å². The molecule has 98 valence electrons. The van der Waals surface area contributed by atoms with Gasteiger partial charge in [0, 0.05) is 5.69 Å². The Balaban J connectivity index is 2.26. The minimum atomic E-state index is -0.605. The van der Waals surface area contributed by atoms with Gasteiger partial charge in [0.15, 0.2) is 11.5 Å². The van der Waals surface area contributed by atoms with Crippen LogP contribution in [0.2, 0.25) is 0 Å². The first kappa shape index (κ1) is 13.4. The van der Waals surface area contributed by atoms with Crippen molar-refractivity contribution in [2.45, 2.75) is 0 Å². The van der Waals surface area contributed by atoms with Crippen molar-refractivity contribution in [3.63, 3.8) is 0 Å². The Morgan fingerprint density at radius 3 is 2.63 bits per heavy atom. The van der Waals surface area contributed by atoms with Gasteiger partial charge in [-0.1, -0.05) is 6.07 Å². The van der Waals surface area contributed by atoms with Gasteiger partial charge in [0.1, 0.15) is 5.82 Å². The van der Waals surface area contributed by atoms with Gasteiger partial charge in [-0.2, -0.15) is 0 Å². The molecule has 0 atom stereocenters. The third-order valence-electron chi connectivity index (χ3n) is 2.44. The fourth-order valence-electron chi connectivity index (χ4n) is 1.49. The number of hydrogen-bond acceptors (Lipinski definition) is 3. The molecule has 0 aliphatic carbocycles. The first-order valence-corrected chi connectivity index (χ1v) is 6.05. The molecule has 6 heteroatoms. The topological polar surface area (TPSA) is 69.6 Å². The molecule has 2 aromatic rings. The second kappa shape index (κ2) is 5.27. The van der Waals surface area contributed by atoms with Gasteiger partial charge in [-0.05, 0) is 46.3 Å². The van der Waals surface area contributed by atoms with Crippen molar-refractivity contribution in [1.29, 1.82) is 0 Å². The standard InChI is InChI=1S/C13H9BrFNO3/c14-9-6-7(4-5-10(9)15)16-13(19)8-2-1-3-11(17)12(8)18/h1-6,17-18H,(H,16,19). The number of anilines is 1. The summed E-state index contributed by atoms with van der Waals surface area (Å²) in [5.41, 5.74) is 0.293. The van der Waals surface area contributed by atoms with Crippen LogP contribution in [-0.4, -0.2) is 16.1 Å². The molecule has 0 aliphatic heterocycles. The quantitative estimate of drug-likeness (QED) is 0.742. The van der Waals surface area contributed by atoms with Crippen molar-refractivity contribution >= 4 is 27.5 Å². The molecule has 0 bridgehead atoms. The summed E-state index contributed by atoms with van der Waals surface area (Å²) in [6.07, 6.45) is 0. The van der Waals surface area contributed by atoms with Gasteiger partial charge in [0.25, 0.3) is 5.91 Å². The maximum absolute atomic E-state index is 13.0. The van der Waals surface area contributed by atoms with E-state index in [0.29, 0.717) is 5.69 Å². The highest BCUT2D eigenvalue weighted by Gasteiger charge is 2.14. The Morgan fingerprint density at radius 2 is 1.95 bits per heavy atom. The highest BCUT2D eigenvalue weighted by atomic mass is 79.9. The normalized spacial score (nSPS) is 10.2. The molecule has 0 unspecified atom stereocenters. The zero-order valence-corrected chi connectivity index (χ0v) is 11.1. The van der Waals surface area contributed by atoms with E-state index in [4.69, 9.17) is 0 Å². The van der Waals surface area contributed by atoms with Crippen LogP contribution in [0.15, 0.2) is 40.9 Å². The highest BCUT2D eigenvalue weighted by Crippen LogP contribution is 2.29. The van der Waals surface area contributed by atoms with Crippen LogP contribution in [0.5, 0.6) is 11.5 Å². The predicted molar refractivity (Wildman–Crippen MR) is 71.8 cm³/mol. The third-order valence-corrected chi connectivity index (χ3v) is 3.04. The minimum absolute atomic E-state index is 0.0690. The molecule has 19 heavy (non-hydrogen) atoms. The summed E-state index contributed by atoms with van der Waals surface area (Å²) < 4.78 is 13.3. The van der Waals surface area contributed by atoms with Gasteiger partial charge >= 0.3 is 0 Å². The summed E-state index contributed by atoms with van der Waals surface area (Å²) in [7, 11) is 0. The van der Waals surface area contributed by atoms with E-state index in [2.05, 4.69) is 21.2 Å². The largest absolute Gasteiger partial charge is 0.504 e. The van der Waals surface area contributed by atoms with Gasteiger partial charge in [-0.15, -0.1) is 0 Å². The first-order chi connectivity index (χ1) is 8.99. The highest BCUT2D eigenvalue weighted by molar-refractivity contribution is 9.10. The van der Waals surface area contributed by atoms with Crippen LogP contribution in [-0.2, 0) is 0 Å². The van der Waals surface area contributed by atoms with Gasteiger partial charge in [-0.25, -0.2) is 4.39 Å². The zero-order valence-electron chi connectivity index (χ0n) is 9.52. The minimum Gasteiger partial charge on any atom is -0.504 e. The number of rotatable bonds is 2. The molecular weight excluding hydrogens is 317 g/mol. The average molecular weight is 326 g/mol. The number of nitrogens with one attached hydrogen (secondary N) is 1. The second-order valence-corrected chi connectivity index (χ2v) is 4.61. The molecule has 0 fully saturated rings. The molecule has 3 N–H and O–H groups in total. The van der Waals surface area contributed by atoms with Gasteiger partial charge in [-0.3, -0.25) is 4.79 Å². The van der Waals surface area contributed by atoms with E-state index >= 15 is 0 Å². The van der Waals surface area contributed by atoms with Crippen LogP contribution in [0.1, 0.15) is 10.4 Å². The molecule has 0 heterocycles. The monoisotopic (exact) mass is 325 g/mol. The predicted octanol–water partition coefficient (Wildman–Crippen LogP) is 3.25. The lowest BCUT2D eigenvalue weighted by molar-refractivity contribution is 0.102. The molecular formula is C13H9BrFNO3. The Hall–Kier alpha value is -2.08. The SMILES string of the molecule is O=C(Nc1ccc(F)c(Br)c1)c1cccc(O)c1O. The maximum atomic E-state index is 13.0. The summed E-state index contributed by atoms with van der Waals surface area (Å²) in [4.78, 5) is 11.9. The average Bonchev–Trinajstić information content (AvgIpc) is 2.37. The summed E-state index contributed by atoms with van der Waals surface area (Å²) in [5.74, 6) is -1.93. The maximum Gasteiger partial charge on any atom is 0.259 e. The van der Waals surface area contributed by atoms with E-state index in [1.807, 2.05) is 0 Å². The third kappa shape index (κ3) is 2.85. The van der Waals surface area contributed by atoms with Crippen molar-refractivity contribution in [2.24, 2.45) is 0 Å². The van der Waals surface area contributed by atoms with Crippen LogP contribution < -0.4 is 5.32 Å². The van der Waals surface area contributed by atoms with Crippen molar-refractivity contribution < 1.29 is 19.4 Å². The number of benzene rings is 2. The summed E-state index contributed by atoms with van der Waals surface area (Å²) in [5, 5.41) is 21.4. The molecule has 0 spiro atoms. The smallest absolute Gasteiger partial charge is 0.259 e. The number of phenolic OH excluding ortho intramolecular Hbond substituents is 2. The number of halogens is 2. The van der Waals surface area contributed by atoms with Crippen LogP contribution in [0.4, 0.5) is 10.1 Å².